The van der Waals surface area contributed by atoms with Crippen LogP contribution in [0, 0.1) is 0 Å². The molecule has 0 saturated heterocycles. The lowest BCUT2D eigenvalue weighted by Gasteiger charge is -2.22. The van der Waals surface area contributed by atoms with Crippen LogP contribution in [0.5, 0.6) is 17.2 Å². The third kappa shape index (κ3) is 6.03. The first kappa shape index (κ1) is 23.2. The van der Waals surface area contributed by atoms with E-state index < -0.39 is 7.82 Å². The van der Waals surface area contributed by atoms with Gasteiger partial charge in [-0.1, -0.05) is 91.1 Å². The predicted octanol–water partition coefficient (Wildman–Crippen LogP) is 8.43. The SMILES string of the molecule is CC=Cc1ccccc1OP(=O)(Oc1ccccc1C=CC)Oc1ccccc1C=CC. The molecule has 0 radical (unpaired) electrons. The molecule has 0 aliphatic carbocycles. The summed E-state index contributed by atoms with van der Waals surface area (Å²) in [5.41, 5.74) is 2.31. The van der Waals surface area contributed by atoms with Crippen molar-refractivity contribution in [2.24, 2.45) is 0 Å². The monoisotopic (exact) mass is 446 g/mol. The van der Waals surface area contributed by atoms with Crippen LogP contribution in [-0.2, 0) is 4.57 Å². The Kier molecular flexibility index (Phi) is 8.13. The summed E-state index contributed by atoms with van der Waals surface area (Å²) in [6.45, 7) is 5.72. The first-order chi connectivity index (χ1) is 15.6. The number of allylic oxidation sites excluding steroid dienone is 3. The molecule has 3 aromatic carbocycles. The van der Waals surface area contributed by atoms with Gasteiger partial charge in [0, 0.05) is 16.7 Å². The Balaban J connectivity index is 2.06. The van der Waals surface area contributed by atoms with Gasteiger partial charge in [0.15, 0.2) is 0 Å². The van der Waals surface area contributed by atoms with E-state index in [4.69, 9.17) is 13.6 Å². The van der Waals surface area contributed by atoms with Crippen molar-refractivity contribution in [2.45, 2.75) is 20.8 Å². The number of phosphoric acid groups is 1. The average molecular weight is 446 g/mol. The summed E-state index contributed by atoms with van der Waals surface area (Å²) in [5.74, 6) is 1.21. The Bertz CT molecular complexity index is 1030. The highest BCUT2D eigenvalue weighted by molar-refractivity contribution is 7.49. The zero-order chi connectivity index (χ0) is 22.8. The molecule has 0 N–H and O–H groups in total. The molecule has 0 aliphatic heterocycles. The molecule has 4 nitrogen and oxygen atoms in total. The fraction of sp³-hybridized carbons (Fsp3) is 0.111. The first-order valence-corrected chi connectivity index (χ1v) is 11.9. The van der Waals surface area contributed by atoms with Crippen LogP contribution in [-0.4, -0.2) is 0 Å². The Morgan fingerprint density at radius 1 is 0.531 bits per heavy atom. The van der Waals surface area contributed by atoms with Crippen molar-refractivity contribution in [2.75, 3.05) is 0 Å². The maximum absolute atomic E-state index is 14.1. The second kappa shape index (κ2) is 11.2. The first-order valence-electron chi connectivity index (χ1n) is 10.4. The van der Waals surface area contributed by atoms with Crippen molar-refractivity contribution in [3.8, 4) is 17.2 Å². The molecule has 0 unspecified atom stereocenters. The van der Waals surface area contributed by atoms with Gasteiger partial charge in [-0.15, -0.1) is 0 Å². The van der Waals surface area contributed by atoms with Crippen molar-refractivity contribution in [1.29, 1.82) is 0 Å². The Hall–Kier alpha value is -3.49. The molecule has 0 heterocycles. The van der Waals surface area contributed by atoms with Crippen LogP contribution in [0.25, 0.3) is 18.2 Å². The van der Waals surface area contributed by atoms with E-state index in [0.29, 0.717) is 17.2 Å². The standard InChI is InChI=1S/C27H27O4P/c1-4-13-22-16-7-10-19-25(22)29-32(28,30-26-20-11-8-17-23(26)14-5-2)31-27-21-12-9-18-24(27)15-6-3/h4-21H,1-3H3. The topological polar surface area (TPSA) is 44.8 Å². The molecule has 0 atom stereocenters. The van der Waals surface area contributed by atoms with Crippen LogP contribution in [0.15, 0.2) is 91.0 Å². The van der Waals surface area contributed by atoms with Gasteiger partial charge >= 0.3 is 7.82 Å². The fourth-order valence-corrected chi connectivity index (χ4v) is 4.39. The second-order valence-electron chi connectivity index (χ2n) is 6.83. The summed E-state index contributed by atoms with van der Waals surface area (Å²) in [4.78, 5) is 0. The van der Waals surface area contributed by atoms with E-state index >= 15 is 0 Å². The number of rotatable bonds is 9. The maximum Gasteiger partial charge on any atom is 0.647 e. The summed E-state index contributed by atoms with van der Waals surface area (Å²) in [5, 5.41) is 0. The van der Waals surface area contributed by atoms with Gasteiger partial charge in [0.1, 0.15) is 17.2 Å². The van der Waals surface area contributed by atoms with Crippen molar-refractivity contribution in [1.82, 2.24) is 0 Å². The normalized spacial score (nSPS) is 13.5. The van der Waals surface area contributed by atoms with E-state index in [2.05, 4.69) is 0 Å². The van der Waals surface area contributed by atoms with Gasteiger partial charge in [-0.25, -0.2) is 0 Å². The Morgan fingerprint density at radius 2 is 0.812 bits per heavy atom. The summed E-state index contributed by atoms with van der Waals surface area (Å²) in [6, 6.07) is 22.0. The smallest absolute Gasteiger partial charge is 0.385 e. The van der Waals surface area contributed by atoms with Gasteiger partial charge < -0.3 is 13.6 Å². The molecule has 0 spiro atoms. The number of hydrogen-bond acceptors (Lipinski definition) is 4. The lowest BCUT2D eigenvalue weighted by molar-refractivity contribution is 0.298. The zero-order valence-electron chi connectivity index (χ0n) is 18.5. The van der Waals surface area contributed by atoms with Gasteiger partial charge in [0.05, 0.1) is 0 Å². The molecule has 0 aromatic heterocycles. The third-order valence-corrected chi connectivity index (χ3v) is 5.69. The number of hydrogen-bond donors (Lipinski definition) is 0. The van der Waals surface area contributed by atoms with Crippen LogP contribution < -0.4 is 13.6 Å². The molecule has 0 bridgehead atoms. The Labute approximate surface area is 190 Å². The summed E-state index contributed by atoms with van der Waals surface area (Å²) in [6.07, 6.45) is 11.3. The van der Waals surface area contributed by atoms with Crippen molar-refractivity contribution < 1.29 is 18.1 Å². The summed E-state index contributed by atoms with van der Waals surface area (Å²) >= 11 is 0. The highest BCUT2D eigenvalue weighted by atomic mass is 31.2. The molecular formula is C27H27O4P. The maximum atomic E-state index is 14.1. The highest BCUT2D eigenvalue weighted by Gasteiger charge is 2.35. The van der Waals surface area contributed by atoms with Crippen molar-refractivity contribution >= 4 is 26.1 Å². The molecule has 3 aromatic rings. The molecule has 0 saturated carbocycles. The zero-order valence-corrected chi connectivity index (χ0v) is 19.4. The molecule has 3 rings (SSSR count). The molecule has 32 heavy (non-hydrogen) atoms. The van der Waals surface area contributed by atoms with Gasteiger partial charge in [-0.3, -0.25) is 0 Å². The largest absolute Gasteiger partial charge is 0.647 e. The molecular weight excluding hydrogens is 419 g/mol. The van der Waals surface area contributed by atoms with E-state index in [1.165, 1.54) is 0 Å². The van der Waals surface area contributed by atoms with Crippen LogP contribution in [0.4, 0.5) is 0 Å². The third-order valence-electron chi connectivity index (χ3n) is 4.43. The lowest BCUT2D eigenvalue weighted by atomic mass is 10.2. The van der Waals surface area contributed by atoms with Crippen LogP contribution in [0.3, 0.4) is 0 Å². The van der Waals surface area contributed by atoms with Crippen LogP contribution >= 0.6 is 7.82 Å². The van der Waals surface area contributed by atoms with Gasteiger partial charge in [-0.2, -0.15) is 4.57 Å². The minimum Gasteiger partial charge on any atom is -0.385 e. The second-order valence-corrected chi connectivity index (χ2v) is 8.28. The molecule has 5 heteroatoms. The van der Waals surface area contributed by atoms with Crippen LogP contribution in [0.2, 0.25) is 0 Å². The number of para-hydroxylation sites is 3. The minimum absolute atomic E-state index is 0.404. The van der Waals surface area contributed by atoms with E-state index in [1.807, 2.05) is 112 Å². The molecule has 0 amide bonds. The quantitative estimate of drug-likeness (QED) is 0.309. The molecule has 0 fully saturated rings. The average Bonchev–Trinajstić information content (AvgIpc) is 2.78. The number of phosphoric ester groups is 1. The minimum atomic E-state index is -4.14. The van der Waals surface area contributed by atoms with Crippen LogP contribution in [0.1, 0.15) is 37.5 Å². The Morgan fingerprint density at radius 3 is 1.09 bits per heavy atom. The summed E-state index contributed by atoms with van der Waals surface area (Å²) < 4.78 is 32.0. The fourth-order valence-electron chi connectivity index (χ4n) is 3.06. The van der Waals surface area contributed by atoms with Gasteiger partial charge in [-0.05, 0) is 39.0 Å². The summed E-state index contributed by atoms with van der Waals surface area (Å²) in [7, 11) is -4.14. The van der Waals surface area contributed by atoms with E-state index in [0.717, 1.165) is 16.7 Å². The van der Waals surface area contributed by atoms with Crippen molar-refractivity contribution in [3.63, 3.8) is 0 Å². The van der Waals surface area contributed by atoms with E-state index in [1.54, 1.807) is 18.2 Å². The van der Waals surface area contributed by atoms with Crippen molar-refractivity contribution in [3.05, 3.63) is 108 Å². The van der Waals surface area contributed by atoms with Gasteiger partial charge in [0.2, 0.25) is 0 Å². The lowest BCUT2D eigenvalue weighted by Crippen LogP contribution is -2.09. The van der Waals surface area contributed by atoms with E-state index in [9.17, 15) is 4.57 Å². The van der Waals surface area contributed by atoms with Gasteiger partial charge in [0.25, 0.3) is 0 Å². The number of benzene rings is 3. The molecule has 0 aliphatic rings. The molecule has 164 valence electrons. The highest BCUT2D eigenvalue weighted by Crippen LogP contribution is 2.51. The van der Waals surface area contributed by atoms with E-state index in [-0.39, 0.29) is 0 Å². The predicted molar refractivity (Wildman–Crippen MR) is 133 cm³/mol.